The van der Waals surface area contributed by atoms with Crippen LogP contribution in [0.1, 0.15) is 77.3 Å². The highest BCUT2D eigenvalue weighted by Crippen LogP contribution is 2.70. The van der Waals surface area contributed by atoms with Gasteiger partial charge in [0.1, 0.15) is 16.8 Å². The lowest BCUT2D eigenvalue weighted by molar-refractivity contribution is -0.182. The van der Waals surface area contributed by atoms with Crippen LogP contribution in [-0.4, -0.2) is 39.3 Å². The predicted molar refractivity (Wildman–Crippen MR) is 156 cm³/mol. The Morgan fingerprint density at radius 2 is 1.54 bits per heavy atom. The van der Waals surface area contributed by atoms with Gasteiger partial charge in [-0.25, -0.2) is 0 Å². The molecule has 0 heterocycles. The molecule has 204 valence electrons. The quantitative estimate of drug-likeness (QED) is 0.272. The first-order chi connectivity index (χ1) is 16.7. The summed E-state index contributed by atoms with van der Waals surface area (Å²) < 4.78 is 6.05. The number of aryl methyl sites for hydroxylation is 1. The van der Waals surface area contributed by atoms with Crippen LogP contribution in [0.4, 0.5) is 0 Å². The van der Waals surface area contributed by atoms with Crippen molar-refractivity contribution in [3.05, 3.63) is 23.3 Å². The van der Waals surface area contributed by atoms with E-state index in [1.54, 1.807) is 5.19 Å². The predicted octanol–water partition coefficient (Wildman–Crippen LogP) is 5.73. The summed E-state index contributed by atoms with van der Waals surface area (Å²) in [6, 6.07) is 4.90. The summed E-state index contributed by atoms with van der Waals surface area (Å²) in [5.74, 6) is -0.844. The molecule has 4 rings (SSSR count). The molecule has 0 saturated heterocycles. The Bertz CT molecular complexity index is 1150. The van der Waals surface area contributed by atoms with Crippen molar-refractivity contribution in [3.63, 3.8) is 0 Å². The molecule has 0 amide bonds. The maximum absolute atomic E-state index is 14.2. The molecule has 0 unspecified atom stereocenters. The van der Waals surface area contributed by atoms with Crippen molar-refractivity contribution in [3.8, 4) is 0 Å². The Hall–Kier alpha value is -1.54. The zero-order chi connectivity index (χ0) is 27.9. The molecule has 2 saturated carbocycles. The number of esters is 1. The smallest absolute Gasteiger partial charge is 0.320 e. The SMILES string of the molecule is CC(C)C(=O)[C@]1(C(=O)OC(C)(C)C)C[C@H]2C[C@@]13CCc1cc([Si](C)(C)C)c([Si](C)(C)C)cc1[C@@H]3CC2=O. The third-order valence-electron chi connectivity index (χ3n) is 9.34. The summed E-state index contributed by atoms with van der Waals surface area (Å²) in [6.45, 7) is 23.9. The third kappa shape index (κ3) is 4.44. The van der Waals surface area contributed by atoms with Crippen LogP contribution in [-0.2, 0) is 25.5 Å². The van der Waals surface area contributed by atoms with Gasteiger partial charge < -0.3 is 4.74 Å². The lowest BCUT2D eigenvalue weighted by Crippen LogP contribution is -2.59. The molecule has 2 bridgehead atoms. The highest BCUT2D eigenvalue weighted by atomic mass is 28.3. The number of rotatable bonds is 5. The van der Waals surface area contributed by atoms with E-state index in [2.05, 4.69) is 51.4 Å². The second-order valence-corrected chi connectivity index (χ2v) is 25.6. The Labute approximate surface area is 226 Å². The second kappa shape index (κ2) is 8.74. The minimum atomic E-state index is -1.68. The lowest BCUT2D eigenvalue weighted by Gasteiger charge is -2.53. The topological polar surface area (TPSA) is 60.4 Å². The number of benzene rings is 1. The standard InChI is InChI=1S/C31H48O4Si2/c1-19(2)27(33)31(28(34)35-29(3,4)5)18-21-17-30(31)13-12-20-14-25(36(6,7)8)26(37(9,10)11)15-22(20)23(30)16-24(21)32/h14-15,19,21,23H,12-13,16-18H2,1-11H3/t21-,23+,30-,31+/m1/s1. The van der Waals surface area contributed by atoms with Crippen molar-refractivity contribution in [1.29, 1.82) is 0 Å². The fourth-order valence-electron chi connectivity index (χ4n) is 7.78. The zero-order valence-corrected chi connectivity index (χ0v) is 27.1. The van der Waals surface area contributed by atoms with Gasteiger partial charge in [0.05, 0.1) is 16.1 Å². The first-order valence-corrected chi connectivity index (χ1v) is 21.2. The van der Waals surface area contributed by atoms with E-state index >= 15 is 0 Å². The van der Waals surface area contributed by atoms with Gasteiger partial charge in [0.25, 0.3) is 0 Å². The van der Waals surface area contributed by atoms with Crippen molar-refractivity contribution in [2.75, 3.05) is 0 Å². The first-order valence-electron chi connectivity index (χ1n) is 14.2. The normalized spacial score (nSPS) is 29.7. The van der Waals surface area contributed by atoms with Crippen LogP contribution >= 0.6 is 0 Å². The highest BCUT2D eigenvalue weighted by Gasteiger charge is 2.73. The number of hydrogen-bond donors (Lipinski definition) is 0. The van der Waals surface area contributed by atoms with Crippen LogP contribution in [0.15, 0.2) is 12.1 Å². The van der Waals surface area contributed by atoms with E-state index in [-0.39, 0.29) is 29.3 Å². The molecule has 0 radical (unpaired) electrons. The first kappa shape index (κ1) is 28.5. The van der Waals surface area contributed by atoms with Crippen molar-refractivity contribution in [1.82, 2.24) is 0 Å². The van der Waals surface area contributed by atoms with Gasteiger partial charge >= 0.3 is 5.97 Å². The molecular formula is C31H48O4Si2. The van der Waals surface area contributed by atoms with Crippen molar-refractivity contribution < 1.29 is 19.1 Å². The molecule has 1 aromatic rings. The van der Waals surface area contributed by atoms with Gasteiger partial charge in [-0.1, -0.05) is 75.6 Å². The summed E-state index contributed by atoms with van der Waals surface area (Å²) in [4.78, 5) is 42.0. The highest BCUT2D eigenvalue weighted by molar-refractivity contribution is 6.98. The number of Topliss-reactive ketones (excluding diaryl/α,β-unsaturated/α-hetero) is 2. The van der Waals surface area contributed by atoms with Gasteiger partial charge in [-0.2, -0.15) is 0 Å². The monoisotopic (exact) mass is 540 g/mol. The van der Waals surface area contributed by atoms with Gasteiger partial charge in [0.15, 0.2) is 5.78 Å². The number of ketones is 2. The molecule has 4 atom stereocenters. The van der Waals surface area contributed by atoms with E-state index in [0.717, 1.165) is 12.8 Å². The summed E-state index contributed by atoms with van der Waals surface area (Å²) in [5, 5.41) is 3.04. The van der Waals surface area contributed by atoms with E-state index in [1.165, 1.54) is 16.3 Å². The third-order valence-corrected chi connectivity index (χ3v) is 13.7. The molecule has 0 aliphatic heterocycles. The molecule has 0 aromatic heterocycles. The summed E-state index contributed by atoms with van der Waals surface area (Å²) >= 11 is 0. The molecule has 1 aromatic carbocycles. The van der Waals surface area contributed by atoms with E-state index in [1.807, 2.05) is 34.6 Å². The molecular weight excluding hydrogens is 493 g/mol. The van der Waals surface area contributed by atoms with E-state index in [9.17, 15) is 14.4 Å². The van der Waals surface area contributed by atoms with Crippen LogP contribution in [0.2, 0.25) is 39.3 Å². The maximum Gasteiger partial charge on any atom is 0.320 e. The fourth-order valence-corrected chi connectivity index (χ4v) is 13.0. The van der Waals surface area contributed by atoms with Gasteiger partial charge in [0, 0.05) is 23.7 Å². The van der Waals surface area contributed by atoms with Gasteiger partial charge in [-0.15, -0.1) is 0 Å². The number of carbonyl (C=O) groups is 3. The Morgan fingerprint density at radius 3 is 2.05 bits per heavy atom. The fraction of sp³-hybridized carbons (Fsp3) is 0.710. The lowest BCUT2D eigenvalue weighted by atomic mass is 9.49. The molecule has 0 N–H and O–H groups in total. The molecule has 3 aliphatic carbocycles. The Balaban J connectivity index is 1.99. The number of ether oxygens (including phenoxy) is 1. The average Bonchev–Trinajstić information content (AvgIpc) is 3.03. The summed E-state index contributed by atoms with van der Waals surface area (Å²) in [7, 11) is -3.27. The Kier molecular flexibility index (Phi) is 6.72. The van der Waals surface area contributed by atoms with Crippen molar-refractivity contribution >= 4 is 44.1 Å². The van der Waals surface area contributed by atoms with Gasteiger partial charge in [-0.3, -0.25) is 14.4 Å². The van der Waals surface area contributed by atoms with E-state index in [4.69, 9.17) is 4.74 Å². The van der Waals surface area contributed by atoms with Crippen molar-refractivity contribution in [2.24, 2.45) is 22.7 Å². The molecule has 4 nitrogen and oxygen atoms in total. The second-order valence-electron chi connectivity index (χ2n) is 15.5. The molecule has 3 aliphatic rings. The minimum Gasteiger partial charge on any atom is -0.459 e. The van der Waals surface area contributed by atoms with Crippen LogP contribution in [0.5, 0.6) is 0 Å². The molecule has 37 heavy (non-hydrogen) atoms. The number of hydrogen-bond acceptors (Lipinski definition) is 4. The Morgan fingerprint density at radius 1 is 0.973 bits per heavy atom. The van der Waals surface area contributed by atoms with E-state index < -0.39 is 38.5 Å². The van der Waals surface area contributed by atoms with Crippen LogP contribution < -0.4 is 10.4 Å². The minimum absolute atomic E-state index is 0.0310. The number of fused-ring (bicyclic) bond motifs is 3. The molecule has 6 heteroatoms. The average molecular weight is 541 g/mol. The number of carbonyl (C=O) groups excluding carboxylic acids is 3. The largest absolute Gasteiger partial charge is 0.459 e. The molecule has 2 fully saturated rings. The van der Waals surface area contributed by atoms with Crippen LogP contribution in [0, 0.1) is 22.7 Å². The summed E-state index contributed by atoms with van der Waals surface area (Å²) in [5.41, 5.74) is 0.0642. The van der Waals surface area contributed by atoms with Gasteiger partial charge in [-0.05, 0) is 63.5 Å². The molecule has 1 spiro atoms. The summed E-state index contributed by atoms with van der Waals surface area (Å²) in [6.07, 6.45) is 3.00. The van der Waals surface area contributed by atoms with E-state index in [0.29, 0.717) is 19.3 Å². The van der Waals surface area contributed by atoms with Gasteiger partial charge in [0.2, 0.25) is 0 Å². The maximum atomic E-state index is 14.2. The van der Waals surface area contributed by atoms with Crippen molar-refractivity contribution in [2.45, 2.75) is 118 Å². The van der Waals surface area contributed by atoms with Crippen LogP contribution in [0.25, 0.3) is 0 Å². The zero-order valence-electron chi connectivity index (χ0n) is 25.1. The van der Waals surface area contributed by atoms with Crippen LogP contribution in [0.3, 0.4) is 0 Å².